The predicted octanol–water partition coefficient (Wildman–Crippen LogP) is 2.68. The summed E-state index contributed by atoms with van der Waals surface area (Å²) >= 11 is 0. The van der Waals surface area contributed by atoms with Gasteiger partial charge >= 0.3 is 23.9 Å². The van der Waals surface area contributed by atoms with Crippen molar-refractivity contribution in [3.05, 3.63) is 35.4 Å². The molecule has 0 aliphatic carbocycles. The second kappa shape index (κ2) is 11.7. The van der Waals surface area contributed by atoms with Crippen molar-refractivity contribution in [2.45, 2.75) is 51.4 Å². The summed E-state index contributed by atoms with van der Waals surface area (Å²) in [6, 6.07) is 7.64. The van der Waals surface area contributed by atoms with Crippen LogP contribution in [-0.4, -0.2) is 44.3 Å². The van der Waals surface area contributed by atoms with Gasteiger partial charge in [-0.25, -0.2) is 0 Å². The van der Waals surface area contributed by atoms with E-state index in [1.165, 1.54) is 0 Å². The Hall–Kier alpha value is -2.90. The average molecular weight is 394 g/mol. The van der Waals surface area contributed by atoms with Crippen LogP contribution >= 0.6 is 0 Å². The number of carbonyl (C=O) groups is 4. The molecule has 0 spiro atoms. The molecule has 8 heteroatoms. The highest BCUT2D eigenvalue weighted by Gasteiger charge is 2.21. The van der Waals surface area contributed by atoms with Gasteiger partial charge in [-0.3, -0.25) is 19.2 Å². The summed E-state index contributed by atoms with van der Waals surface area (Å²) < 4.78 is 0. The number of hydrogen-bond acceptors (Lipinski definition) is 4. The number of hydrogen-bond donors (Lipinski definition) is 4. The van der Waals surface area contributed by atoms with Crippen LogP contribution in [0, 0.1) is 11.8 Å². The fraction of sp³-hybridized carbons (Fsp3) is 0.500. The van der Waals surface area contributed by atoms with E-state index in [-0.39, 0.29) is 12.8 Å². The van der Waals surface area contributed by atoms with Gasteiger partial charge in [-0.15, -0.1) is 0 Å². The van der Waals surface area contributed by atoms with Crippen LogP contribution < -0.4 is 0 Å². The molecule has 0 saturated heterocycles. The summed E-state index contributed by atoms with van der Waals surface area (Å²) in [5.41, 5.74) is 2.02. The molecule has 0 saturated carbocycles. The maximum Gasteiger partial charge on any atom is 0.307 e. The molecule has 154 valence electrons. The van der Waals surface area contributed by atoms with Gasteiger partial charge in [0.1, 0.15) is 0 Å². The maximum absolute atomic E-state index is 11.0. The van der Waals surface area contributed by atoms with E-state index >= 15 is 0 Å². The van der Waals surface area contributed by atoms with Crippen LogP contribution in [0.4, 0.5) is 0 Å². The first-order valence-corrected chi connectivity index (χ1v) is 9.16. The van der Waals surface area contributed by atoms with Crippen LogP contribution in [0.25, 0.3) is 0 Å². The molecule has 2 atom stereocenters. The van der Waals surface area contributed by atoms with Crippen LogP contribution in [-0.2, 0) is 32.0 Å². The SMILES string of the molecule is O=C(O)CC(CCCc1ccc(CCCC(CC(=O)O)C(=O)O)cc1)C(=O)O. The summed E-state index contributed by atoms with van der Waals surface area (Å²) in [5, 5.41) is 35.5. The van der Waals surface area contributed by atoms with Crippen LogP contribution in [0.2, 0.25) is 0 Å². The van der Waals surface area contributed by atoms with Crippen LogP contribution in [0.15, 0.2) is 24.3 Å². The molecule has 28 heavy (non-hydrogen) atoms. The lowest BCUT2D eigenvalue weighted by atomic mass is 9.95. The van der Waals surface area contributed by atoms with E-state index < -0.39 is 35.7 Å². The summed E-state index contributed by atoms with van der Waals surface area (Å²) in [7, 11) is 0. The zero-order chi connectivity index (χ0) is 21.1. The highest BCUT2D eigenvalue weighted by atomic mass is 16.4. The molecular weight excluding hydrogens is 368 g/mol. The molecule has 0 heterocycles. The number of aryl methyl sites for hydroxylation is 2. The first-order valence-electron chi connectivity index (χ1n) is 9.16. The number of rotatable bonds is 14. The largest absolute Gasteiger partial charge is 0.481 e. The highest BCUT2D eigenvalue weighted by molar-refractivity contribution is 5.78. The monoisotopic (exact) mass is 394 g/mol. The van der Waals surface area contributed by atoms with E-state index in [1.807, 2.05) is 24.3 Å². The quantitative estimate of drug-likeness (QED) is 0.376. The Bertz CT molecular complexity index is 621. The summed E-state index contributed by atoms with van der Waals surface area (Å²) in [4.78, 5) is 43.4. The van der Waals surface area contributed by atoms with Crippen molar-refractivity contribution >= 4 is 23.9 Å². The van der Waals surface area contributed by atoms with Gasteiger partial charge in [0.25, 0.3) is 0 Å². The number of carboxylic acid groups (broad SMARTS) is 4. The number of aliphatic carboxylic acids is 4. The van der Waals surface area contributed by atoms with Crippen molar-refractivity contribution in [1.82, 2.24) is 0 Å². The molecule has 1 rings (SSSR count). The second-order valence-corrected chi connectivity index (χ2v) is 6.87. The maximum atomic E-state index is 11.0. The normalized spacial score (nSPS) is 12.9. The van der Waals surface area contributed by atoms with Gasteiger partial charge < -0.3 is 20.4 Å². The molecular formula is C20H26O8. The molecule has 4 N–H and O–H groups in total. The Morgan fingerprint density at radius 1 is 0.643 bits per heavy atom. The van der Waals surface area contributed by atoms with Gasteiger partial charge in [0.2, 0.25) is 0 Å². The van der Waals surface area contributed by atoms with Crippen molar-refractivity contribution in [2.24, 2.45) is 11.8 Å². The van der Waals surface area contributed by atoms with Crippen molar-refractivity contribution in [2.75, 3.05) is 0 Å². The predicted molar refractivity (Wildman–Crippen MR) is 99.1 cm³/mol. The third kappa shape index (κ3) is 9.16. The van der Waals surface area contributed by atoms with Gasteiger partial charge in [-0.2, -0.15) is 0 Å². The molecule has 8 nitrogen and oxygen atoms in total. The summed E-state index contributed by atoms with van der Waals surface area (Å²) in [6.07, 6.45) is 2.25. The highest BCUT2D eigenvalue weighted by Crippen LogP contribution is 2.17. The molecule has 0 bridgehead atoms. The molecule has 2 unspecified atom stereocenters. The lowest BCUT2D eigenvalue weighted by molar-refractivity contribution is -0.148. The van der Waals surface area contributed by atoms with Crippen LogP contribution in [0.5, 0.6) is 0 Å². The first-order chi connectivity index (χ1) is 13.2. The molecule has 0 aliphatic heterocycles. The minimum atomic E-state index is -1.12. The summed E-state index contributed by atoms with van der Waals surface area (Å²) in [5.74, 6) is -6.20. The van der Waals surface area contributed by atoms with E-state index in [9.17, 15) is 19.2 Å². The second-order valence-electron chi connectivity index (χ2n) is 6.87. The lowest BCUT2D eigenvalue weighted by Gasteiger charge is -2.11. The Morgan fingerprint density at radius 3 is 1.21 bits per heavy atom. The van der Waals surface area contributed by atoms with E-state index in [0.717, 1.165) is 11.1 Å². The Kier molecular flexibility index (Phi) is 9.70. The fourth-order valence-corrected chi connectivity index (χ4v) is 3.03. The van der Waals surface area contributed by atoms with Crippen LogP contribution in [0.3, 0.4) is 0 Å². The third-order valence-electron chi connectivity index (χ3n) is 4.60. The minimum absolute atomic E-state index is 0.295. The van der Waals surface area contributed by atoms with Gasteiger partial charge in [0, 0.05) is 0 Å². The smallest absolute Gasteiger partial charge is 0.307 e. The van der Waals surface area contributed by atoms with Crippen molar-refractivity contribution in [3.8, 4) is 0 Å². The van der Waals surface area contributed by atoms with E-state index in [4.69, 9.17) is 20.4 Å². The van der Waals surface area contributed by atoms with E-state index in [1.54, 1.807) is 0 Å². The van der Waals surface area contributed by atoms with E-state index in [2.05, 4.69) is 0 Å². The molecule has 0 aliphatic rings. The Balaban J connectivity index is 2.42. The van der Waals surface area contributed by atoms with Crippen molar-refractivity contribution < 1.29 is 39.6 Å². The fourth-order valence-electron chi connectivity index (χ4n) is 3.03. The molecule has 1 aromatic rings. The van der Waals surface area contributed by atoms with Gasteiger partial charge in [0.15, 0.2) is 0 Å². The topological polar surface area (TPSA) is 149 Å². The van der Waals surface area contributed by atoms with Gasteiger partial charge in [0.05, 0.1) is 24.7 Å². The van der Waals surface area contributed by atoms with Gasteiger partial charge in [-0.05, 0) is 49.7 Å². The molecule has 0 amide bonds. The molecule has 0 fully saturated rings. The first kappa shape index (κ1) is 23.1. The lowest BCUT2D eigenvalue weighted by Crippen LogP contribution is -2.18. The summed E-state index contributed by atoms with van der Waals surface area (Å²) in [6.45, 7) is 0. The number of carboxylic acids is 4. The zero-order valence-corrected chi connectivity index (χ0v) is 15.5. The third-order valence-corrected chi connectivity index (χ3v) is 4.60. The molecule has 1 aromatic carbocycles. The Labute approximate surface area is 162 Å². The van der Waals surface area contributed by atoms with Gasteiger partial charge in [-0.1, -0.05) is 24.3 Å². The minimum Gasteiger partial charge on any atom is -0.481 e. The standard InChI is InChI=1S/C20H26O8/c21-17(22)11-15(19(25)26)5-1-3-13-7-9-14(10-8-13)4-2-6-16(20(27)28)12-18(23)24/h7-10,15-16H,1-6,11-12H2,(H,21,22)(H,23,24)(H,25,26)(H,27,28). The van der Waals surface area contributed by atoms with E-state index in [0.29, 0.717) is 38.5 Å². The van der Waals surface area contributed by atoms with Crippen molar-refractivity contribution in [3.63, 3.8) is 0 Å². The van der Waals surface area contributed by atoms with Crippen LogP contribution in [0.1, 0.15) is 49.7 Å². The van der Waals surface area contributed by atoms with Crippen molar-refractivity contribution in [1.29, 1.82) is 0 Å². The number of benzene rings is 1. The molecule has 0 radical (unpaired) electrons. The average Bonchev–Trinajstić information content (AvgIpc) is 2.60. The molecule has 0 aromatic heterocycles. The Morgan fingerprint density at radius 2 is 0.964 bits per heavy atom. The zero-order valence-electron chi connectivity index (χ0n) is 15.5.